The van der Waals surface area contributed by atoms with Crippen molar-refractivity contribution in [1.82, 2.24) is 0 Å². The number of carbonyl (C=O) groups is 2. The summed E-state index contributed by atoms with van der Waals surface area (Å²) in [6.45, 7) is 0. The lowest BCUT2D eigenvalue weighted by Gasteiger charge is -2.16. The minimum absolute atomic E-state index is 0.104. The molecule has 0 aliphatic rings. The Morgan fingerprint density at radius 3 is 2.10 bits per heavy atom. The van der Waals surface area contributed by atoms with Crippen LogP contribution in [0.4, 0.5) is 11.4 Å². The van der Waals surface area contributed by atoms with Gasteiger partial charge in [-0.15, -0.1) is 0 Å². The van der Waals surface area contributed by atoms with E-state index in [1.54, 1.807) is 24.3 Å². The van der Waals surface area contributed by atoms with Gasteiger partial charge >= 0.3 is 0 Å². The minimum Gasteiger partial charge on any atom is -0.396 e. The third-order valence-corrected chi connectivity index (χ3v) is 3.61. The molecule has 0 radical (unpaired) electrons. The number of nitrogens with zero attached hydrogens (tertiary/aromatic N) is 1. The molecule has 0 aliphatic heterocycles. The van der Waals surface area contributed by atoms with Crippen molar-refractivity contribution in [1.29, 1.82) is 0 Å². The van der Waals surface area contributed by atoms with Crippen molar-refractivity contribution in [3.8, 4) is 0 Å². The molecule has 2 aromatic carbocycles. The molecule has 2 N–H and O–H groups in total. The van der Waals surface area contributed by atoms with E-state index in [-0.39, 0.29) is 21.3 Å². The van der Waals surface area contributed by atoms with Crippen LogP contribution < -0.4 is 10.6 Å². The molecule has 108 valence electrons. The van der Waals surface area contributed by atoms with Gasteiger partial charge in [-0.2, -0.15) is 0 Å². The Labute approximate surface area is 132 Å². The van der Waals surface area contributed by atoms with Crippen molar-refractivity contribution in [3.63, 3.8) is 0 Å². The highest BCUT2D eigenvalue weighted by Gasteiger charge is 2.23. The number of hydrogen-bond acceptors (Lipinski definition) is 3. The summed E-state index contributed by atoms with van der Waals surface area (Å²) in [6, 6.07) is 11.5. The van der Waals surface area contributed by atoms with E-state index in [9.17, 15) is 9.59 Å². The Balaban J connectivity index is 2.30. The predicted molar refractivity (Wildman–Crippen MR) is 85.1 cm³/mol. The van der Waals surface area contributed by atoms with E-state index >= 15 is 0 Å². The van der Waals surface area contributed by atoms with Crippen LogP contribution in [-0.2, 0) is 4.79 Å². The van der Waals surface area contributed by atoms with Crippen LogP contribution in [0.25, 0.3) is 0 Å². The number of halogens is 2. The number of carbonyl (C=O) groups excluding carboxylic acids is 2. The summed E-state index contributed by atoms with van der Waals surface area (Å²) in [7, 11) is 1.52. The van der Waals surface area contributed by atoms with Crippen LogP contribution >= 0.6 is 23.2 Å². The average Bonchev–Trinajstić information content (AvgIpc) is 2.50. The van der Waals surface area contributed by atoms with E-state index in [0.717, 1.165) is 0 Å². The molecule has 2 aromatic rings. The molecule has 0 atom stereocenters. The van der Waals surface area contributed by atoms with Crippen LogP contribution in [0, 0.1) is 0 Å². The quantitative estimate of drug-likeness (QED) is 0.535. The topological polar surface area (TPSA) is 63.4 Å². The summed E-state index contributed by atoms with van der Waals surface area (Å²) < 4.78 is 0. The molecule has 21 heavy (non-hydrogen) atoms. The van der Waals surface area contributed by atoms with Gasteiger partial charge in [0.05, 0.1) is 15.7 Å². The molecule has 0 spiro atoms. The zero-order valence-corrected chi connectivity index (χ0v) is 12.7. The Kier molecular flexibility index (Phi) is 4.50. The van der Waals surface area contributed by atoms with Crippen LogP contribution in [0.1, 0.15) is 10.4 Å². The Hall–Kier alpha value is -2.04. The number of rotatable bonds is 3. The van der Waals surface area contributed by atoms with E-state index in [4.69, 9.17) is 28.9 Å². The lowest BCUT2D eigenvalue weighted by Crippen LogP contribution is -2.33. The van der Waals surface area contributed by atoms with Gasteiger partial charge in [0, 0.05) is 18.3 Å². The SMILES string of the molecule is CN(C(=O)C(=O)c1cc(Cl)c(N)c(Cl)c1)c1ccccc1. The van der Waals surface area contributed by atoms with Crippen molar-refractivity contribution < 1.29 is 9.59 Å². The summed E-state index contributed by atoms with van der Waals surface area (Å²) in [6.07, 6.45) is 0. The highest BCUT2D eigenvalue weighted by molar-refractivity contribution is 6.48. The summed E-state index contributed by atoms with van der Waals surface area (Å²) in [5.74, 6) is -1.39. The van der Waals surface area contributed by atoms with Crippen molar-refractivity contribution in [2.45, 2.75) is 0 Å². The fraction of sp³-hybridized carbons (Fsp3) is 0.0667. The van der Waals surface area contributed by atoms with Crippen LogP contribution in [0.15, 0.2) is 42.5 Å². The van der Waals surface area contributed by atoms with Gasteiger partial charge in [0.2, 0.25) is 0 Å². The van der Waals surface area contributed by atoms with E-state index < -0.39 is 11.7 Å². The highest BCUT2D eigenvalue weighted by atomic mass is 35.5. The monoisotopic (exact) mass is 322 g/mol. The molecule has 0 fully saturated rings. The standard InChI is InChI=1S/C15H12Cl2N2O2/c1-19(10-5-3-2-4-6-10)15(21)14(20)9-7-11(16)13(18)12(17)8-9/h2-8H,18H2,1H3. The first-order valence-corrected chi connectivity index (χ1v) is 6.79. The first-order chi connectivity index (χ1) is 9.91. The highest BCUT2D eigenvalue weighted by Crippen LogP contribution is 2.29. The third kappa shape index (κ3) is 3.17. The number of anilines is 2. The summed E-state index contributed by atoms with van der Waals surface area (Å²) in [5, 5.41) is 0.280. The van der Waals surface area contributed by atoms with Gasteiger partial charge in [0.25, 0.3) is 11.7 Å². The summed E-state index contributed by atoms with van der Waals surface area (Å²) in [5.41, 5.74) is 6.50. The van der Waals surface area contributed by atoms with Crippen molar-refractivity contribution >= 4 is 46.3 Å². The van der Waals surface area contributed by atoms with Gasteiger partial charge in [0.1, 0.15) is 0 Å². The number of nitrogen functional groups attached to an aromatic ring is 1. The number of Topliss-reactive ketones (excluding diaryl/α,β-unsaturated/α-hetero) is 1. The number of para-hydroxylation sites is 1. The number of likely N-dealkylation sites (N-methyl/N-ethyl adjacent to an activating group) is 1. The number of ketones is 1. The van der Waals surface area contributed by atoms with Crippen LogP contribution in [0.3, 0.4) is 0 Å². The van der Waals surface area contributed by atoms with Gasteiger partial charge in [-0.05, 0) is 24.3 Å². The molecule has 0 heterocycles. The first-order valence-electron chi connectivity index (χ1n) is 6.03. The maximum absolute atomic E-state index is 12.2. The molecule has 0 saturated carbocycles. The Bertz CT molecular complexity index is 679. The smallest absolute Gasteiger partial charge is 0.299 e. The Morgan fingerprint density at radius 1 is 1.05 bits per heavy atom. The van der Waals surface area contributed by atoms with E-state index in [0.29, 0.717) is 5.69 Å². The minimum atomic E-state index is -0.704. The largest absolute Gasteiger partial charge is 0.396 e. The molecule has 0 saturated heterocycles. The molecule has 0 bridgehead atoms. The maximum Gasteiger partial charge on any atom is 0.299 e. The number of amides is 1. The van der Waals surface area contributed by atoms with Gasteiger partial charge in [-0.1, -0.05) is 41.4 Å². The molecular weight excluding hydrogens is 311 g/mol. The molecule has 0 aromatic heterocycles. The second-order valence-corrected chi connectivity index (χ2v) is 5.20. The molecule has 0 unspecified atom stereocenters. The molecular formula is C15H12Cl2N2O2. The third-order valence-electron chi connectivity index (χ3n) is 2.98. The summed E-state index contributed by atoms with van der Waals surface area (Å²) in [4.78, 5) is 25.7. The van der Waals surface area contributed by atoms with E-state index in [2.05, 4.69) is 0 Å². The number of hydrogen-bond donors (Lipinski definition) is 1. The van der Waals surface area contributed by atoms with Gasteiger partial charge < -0.3 is 10.6 Å². The van der Waals surface area contributed by atoms with Crippen molar-refractivity contribution in [2.75, 3.05) is 17.7 Å². The van der Waals surface area contributed by atoms with Crippen LogP contribution in [0.5, 0.6) is 0 Å². The average molecular weight is 323 g/mol. The lowest BCUT2D eigenvalue weighted by atomic mass is 10.1. The lowest BCUT2D eigenvalue weighted by molar-refractivity contribution is -0.114. The predicted octanol–water partition coefficient (Wildman–Crippen LogP) is 3.42. The van der Waals surface area contributed by atoms with Gasteiger partial charge in [-0.25, -0.2) is 0 Å². The zero-order chi connectivity index (χ0) is 15.6. The molecule has 1 amide bonds. The maximum atomic E-state index is 12.2. The molecule has 6 heteroatoms. The van der Waals surface area contributed by atoms with Gasteiger partial charge in [0.15, 0.2) is 0 Å². The fourth-order valence-electron chi connectivity index (χ4n) is 1.76. The van der Waals surface area contributed by atoms with Crippen molar-refractivity contribution in [3.05, 3.63) is 58.1 Å². The van der Waals surface area contributed by atoms with Crippen LogP contribution in [0.2, 0.25) is 10.0 Å². The van der Waals surface area contributed by atoms with E-state index in [1.165, 1.54) is 24.1 Å². The molecule has 2 rings (SSSR count). The normalized spacial score (nSPS) is 10.2. The van der Waals surface area contributed by atoms with Gasteiger partial charge in [-0.3, -0.25) is 9.59 Å². The molecule has 4 nitrogen and oxygen atoms in total. The van der Waals surface area contributed by atoms with Crippen molar-refractivity contribution in [2.24, 2.45) is 0 Å². The second kappa shape index (κ2) is 6.16. The first kappa shape index (κ1) is 15.4. The number of nitrogens with two attached hydrogens (primary N) is 1. The van der Waals surface area contributed by atoms with Crippen LogP contribution in [-0.4, -0.2) is 18.7 Å². The number of benzene rings is 2. The molecule has 0 aliphatic carbocycles. The van der Waals surface area contributed by atoms with E-state index in [1.807, 2.05) is 6.07 Å². The second-order valence-electron chi connectivity index (χ2n) is 4.38. The summed E-state index contributed by atoms with van der Waals surface area (Å²) >= 11 is 11.8. The zero-order valence-electron chi connectivity index (χ0n) is 11.1. The fourth-order valence-corrected chi connectivity index (χ4v) is 2.25. The Morgan fingerprint density at radius 2 is 1.57 bits per heavy atom.